The quantitative estimate of drug-likeness (QED) is 0.200. The first-order valence-corrected chi connectivity index (χ1v) is 12.3. The SMILES string of the molecule is COC(=O)CC(=O)CNCC(C)(C(=O)N1CCCC1)c1ccc(N(C)Cc2ccccc2)c([N+](=O)[O-])c1. The molecule has 1 fully saturated rings. The van der Waals surface area contributed by atoms with E-state index in [-0.39, 0.29) is 36.9 Å². The Hall–Kier alpha value is -3.79. The van der Waals surface area contributed by atoms with Gasteiger partial charge in [-0.2, -0.15) is 0 Å². The number of anilines is 1. The van der Waals surface area contributed by atoms with E-state index in [1.807, 2.05) is 30.3 Å². The van der Waals surface area contributed by atoms with Crippen LogP contribution in [-0.4, -0.2) is 67.8 Å². The number of hydrogen-bond donors (Lipinski definition) is 1. The molecule has 1 heterocycles. The third-order valence-corrected chi connectivity index (χ3v) is 6.72. The molecule has 3 rings (SSSR count). The number of methoxy groups -OCH3 is 1. The third kappa shape index (κ3) is 6.91. The van der Waals surface area contributed by atoms with Crippen molar-refractivity contribution in [1.82, 2.24) is 10.2 Å². The Morgan fingerprint density at radius 1 is 1.14 bits per heavy atom. The summed E-state index contributed by atoms with van der Waals surface area (Å²) < 4.78 is 4.53. The van der Waals surface area contributed by atoms with Crippen LogP contribution in [0.3, 0.4) is 0 Å². The van der Waals surface area contributed by atoms with Gasteiger partial charge in [-0.15, -0.1) is 0 Å². The van der Waals surface area contributed by atoms with Crippen LogP contribution in [-0.2, 0) is 31.1 Å². The van der Waals surface area contributed by atoms with E-state index in [0.717, 1.165) is 18.4 Å². The summed E-state index contributed by atoms with van der Waals surface area (Å²) in [7, 11) is 3.00. The minimum Gasteiger partial charge on any atom is -0.469 e. The predicted molar refractivity (Wildman–Crippen MR) is 139 cm³/mol. The molecule has 2 aromatic carbocycles. The molecular weight excluding hydrogens is 476 g/mol. The molecule has 1 N–H and O–H groups in total. The minimum atomic E-state index is -1.16. The van der Waals surface area contributed by atoms with Gasteiger partial charge in [-0.25, -0.2) is 0 Å². The van der Waals surface area contributed by atoms with Crippen LogP contribution in [0.25, 0.3) is 0 Å². The van der Waals surface area contributed by atoms with Crippen LogP contribution in [0.15, 0.2) is 48.5 Å². The number of amides is 1. The Bertz CT molecular complexity index is 1130. The molecule has 1 amide bonds. The number of nitro benzene ring substituents is 1. The van der Waals surface area contributed by atoms with Crippen molar-refractivity contribution >= 4 is 29.0 Å². The normalized spacial score (nSPS) is 14.6. The monoisotopic (exact) mass is 510 g/mol. The number of esters is 1. The first-order valence-electron chi connectivity index (χ1n) is 12.3. The van der Waals surface area contributed by atoms with Gasteiger partial charge in [0, 0.05) is 39.3 Å². The number of likely N-dealkylation sites (tertiary alicyclic amines) is 1. The van der Waals surface area contributed by atoms with Crippen molar-refractivity contribution in [2.75, 3.05) is 45.2 Å². The van der Waals surface area contributed by atoms with E-state index in [1.165, 1.54) is 13.2 Å². The number of nitrogens with one attached hydrogen (secondary N) is 1. The van der Waals surface area contributed by atoms with Gasteiger partial charge in [-0.05, 0) is 37.0 Å². The van der Waals surface area contributed by atoms with Crippen LogP contribution in [0.5, 0.6) is 0 Å². The molecule has 0 saturated carbocycles. The van der Waals surface area contributed by atoms with Gasteiger partial charge in [0.05, 0.1) is 24.0 Å². The van der Waals surface area contributed by atoms with E-state index in [0.29, 0.717) is 30.9 Å². The van der Waals surface area contributed by atoms with Gasteiger partial charge in [-0.3, -0.25) is 24.5 Å². The fraction of sp³-hybridized carbons (Fsp3) is 0.444. The molecule has 1 unspecified atom stereocenters. The second-order valence-electron chi connectivity index (χ2n) is 9.53. The first kappa shape index (κ1) is 27.8. The molecule has 0 spiro atoms. The van der Waals surface area contributed by atoms with E-state index >= 15 is 0 Å². The van der Waals surface area contributed by atoms with E-state index in [1.54, 1.807) is 35.9 Å². The molecule has 10 heteroatoms. The van der Waals surface area contributed by atoms with Crippen molar-refractivity contribution in [3.05, 3.63) is 69.8 Å². The van der Waals surface area contributed by atoms with Crippen molar-refractivity contribution in [3.8, 4) is 0 Å². The molecule has 0 aliphatic carbocycles. The largest absolute Gasteiger partial charge is 0.469 e. The van der Waals surface area contributed by atoms with Crippen LogP contribution in [0.2, 0.25) is 0 Å². The molecular formula is C27H34N4O6. The topological polar surface area (TPSA) is 122 Å². The van der Waals surface area contributed by atoms with E-state index in [2.05, 4.69) is 10.1 Å². The fourth-order valence-corrected chi connectivity index (χ4v) is 4.60. The van der Waals surface area contributed by atoms with E-state index < -0.39 is 16.3 Å². The Kier molecular flexibility index (Phi) is 9.35. The number of Topliss-reactive ketones (excluding diaryl/α,β-unsaturated/α-hetero) is 1. The molecule has 37 heavy (non-hydrogen) atoms. The molecule has 1 aliphatic heterocycles. The van der Waals surface area contributed by atoms with Gasteiger partial charge < -0.3 is 19.9 Å². The van der Waals surface area contributed by atoms with Crippen molar-refractivity contribution in [3.63, 3.8) is 0 Å². The summed E-state index contributed by atoms with van der Waals surface area (Å²) in [5.41, 5.74) is 0.684. The number of carbonyl (C=O) groups is 3. The lowest BCUT2D eigenvalue weighted by molar-refractivity contribution is -0.384. The van der Waals surface area contributed by atoms with Gasteiger partial charge in [0.1, 0.15) is 12.1 Å². The fourth-order valence-electron chi connectivity index (χ4n) is 4.60. The highest BCUT2D eigenvalue weighted by molar-refractivity contribution is 5.96. The van der Waals surface area contributed by atoms with Gasteiger partial charge >= 0.3 is 5.97 Å². The summed E-state index contributed by atoms with van der Waals surface area (Å²) in [5, 5.41) is 15.1. The van der Waals surface area contributed by atoms with Crippen molar-refractivity contribution in [1.29, 1.82) is 0 Å². The van der Waals surface area contributed by atoms with Crippen LogP contribution >= 0.6 is 0 Å². The Labute approximate surface area is 216 Å². The number of ketones is 1. The highest BCUT2D eigenvalue weighted by atomic mass is 16.6. The summed E-state index contributed by atoms with van der Waals surface area (Å²) in [6.45, 7) is 3.40. The average Bonchev–Trinajstić information content (AvgIpc) is 3.43. The lowest BCUT2D eigenvalue weighted by atomic mass is 9.80. The molecule has 10 nitrogen and oxygen atoms in total. The summed E-state index contributed by atoms with van der Waals surface area (Å²) in [5.74, 6) is -1.15. The third-order valence-electron chi connectivity index (χ3n) is 6.72. The summed E-state index contributed by atoms with van der Waals surface area (Å²) in [6, 6.07) is 14.5. The number of hydrogen-bond acceptors (Lipinski definition) is 8. The molecule has 198 valence electrons. The molecule has 1 saturated heterocycles. The first-order chi connectivity index (χ1) is 17.7. The van der Waals surface area contributed by atoms with Crippen molar-refractivity contribution in [2.45, 2.75) is 38.1 Å². The van der Waals surface area contributed by atoms with Crippen LogP contribution in [0.4, 0.5) is 11.4 Å². The van der Waals surface area contributed by atoms with Gasteiger partial charge in [-0.1, -0.05) is 36.4 Å². The number of benzene rings is 2. The maximum Gasteiger partial charge on any atom is 0.313 e. The van der Waals surface area contributed by atoms with Crippen molar-refractivity contribution < 1.29 is 24.0 Å². The van der Waals surface area contributed by atoms with Gasteiger partial charge in [0.2, 0.25) is 5.91 Å². The van der Waals surface area contributed by atoms with Crippen LogP contribution in [0.1, 0.15) is 37.3 Å². The predicted octanol–water partition coefficient (Wildman–Crippen LogP) is 2.83. The Balaban J connectivity index is 1.89. The number of carbonyl (C=O) groups excluding carboxylic acids is 3. The highest BCUT2D eigenvalue weighted by Crippen LogP contribution is 2.35. The second kappa shape index (κ2) is 12.4. The highest BCUT2D eigenvalue weighted by Gasteiger charge is 2.40. The molecule has 2 aromatic rings. The molecule has 1 aliphatic rings. The summed E-state index contributed by atoms with van der Waals surface area (Å²) in [6.07, 6.45) is 1.43. The Morgan fingerprint density at radius 2 is 1.81 bits per heavy atom. The lowest BCUT2D eigenvalue weighted by Crippen LogP contribution is -2.50. The zero-order valence-electron chi connectivity index (χ0n) is 21.6. The number of nitrogens with zero attached hydrogens (tertiary/aromatic N) is 3. The summed E-state index contributed by atoms with van der Waals surface area (Å²) >= 11 is 0. The smallest absolute Gasteiger partial charge is 0.313 e. The molecule has 1 atom stereocenters. The number of ether oxygens (including phenoxy) is 1. The van der Waals surface area contributed by atoms with Crippen LogP contribution < -0.4 is 10.2 Å². The van der Waals surface area contributed by atoms with Gasteiger partial charge in [0.25, 0.3) is 5.69 Å². The van der Waals surface area contributed by atoms with Crippen molar-refractivity contribution in [2.24, 2.45) is 0 Å². The maximum atomic E-state index is 13.7. The zero-order valence-corrected chi connectivity index (χ0v) is 21.6. The molecule has 0 aromatic heterocycles. The van der Waals surface area contributed by atoms with E-state index in [4.69, 9.17) is 0 Å². The lowest BCUT2D eigenvalue weighted by Gasteiger charge is -2.33. The van der Waals surface area contributed by atoms with Crippen LogP contribution in [0, 0.1) is 10.1 Å². The van der Waals surface area contributed by atoms with Gasteiger partial charge in [0.15, 0.2) is 5.78 Å². The maximum absolute atomic E-state index is 13.7. The summed E-state index contributed by atoms with van der Waals surface area (Å²) in [4.78, 5) is 52.4. The minimum absolute atomic E-state index is 0.0750. The Morgan fingerprint density at radius 3 is 2.43 bits per heavy atom. The zero-order chi connectivity index (χ0) is 27.0. The standard InChI is InChI=1S/C27H34N4O6/c1-27(26(34)30-13-7-8-14-30,19-28-17-22(32)16-25(33)37-3)21-11-12-23(24(15-21)31(35)36)29(2)18-20-9-5-4-6-10-20/h4-6,9-12,15,28H,7-8,13-14,16-19H2,1-3H3. The van der Waals surface area contributed by atoms with E-state index in [9.17, 15) is 24.5 Å². The average molecular weight is 511 g/mol. The second-order valence-corrected chi connectivity index (χ2v) is 9.53. The molecule has 0 radical (unpaired) electrons. The molecule has 0 bridgehead atoms. The number of rotatable bonds is 12. The number of nitro groups is 1.